The van der Waals surface area contributed by atoms with Crippen molar-refractivity contribution >= 4 is 22.6 Å². The summed E-state index contributed by atoms with van der Waals surface area (Å²) >= 11 is 0. The molecule has 0 aliphatic carbocycles. The quantitative estimate of drug-likeness (QED) is 0.540. The van der Waals surface area contributed by atoms with E-state index in [1.54, 1.807) is 44.6 Å². The Morgan fingerprint density at radius 1 is 0.964 bits per heavy atom. The molecule has 4 aromatic rings. The van der Waals surface area contributed by atoms with E-state index in [4.69, 9.17) is 9.47 Å². The van der Waals surface area contributed by atoms with Crippen LogP contribution in [0.5, 0.6) is 11.5 Å². The van der Waals surface area contributed by atoms with Crippen molar-refractivity contribution in [3.8, 4) is 22.9 Å². The highest BCUT2D eigenvalue weighted by atomic mass is 16.5. The molecule has 1 aromatic heterocycles. The molecule has 0 fully saturated rings. The highest BCUT2D eigenvalue weighted by Gasteiger charge is 2.12. The SMILES string of the molecule is COc1ccc(NC(=O)c2ccc(-c3nc4ccccc4[nH]3)cc2)c(OC)c1. The van der Waals surface area contributed by atoms with Crippen LogP contribution in [0.4, 0.5) is 5.69 Å². The van der Waals surface area contributed by atoms with Gasteiger partial charge in [0.2, 0.25) is 0 Å². The Kier molecular flexibility index (Phi) is 4.68. The number of methoxy groups -OCH3 is 2. The molecule has 0 saturated heterocycles. The average molecular weight is 373 g/mol. The summed E-state index contributed by atoms with van der Waals surface area (Å²) in [6.07, 6.45) is 0. The summed E-state index contributed by atoms with van der Waals surface area (Å²) in [5.41, 5.74) is 3.92. The van der Waals surface area contributed by atoms with Gasteiger partial charge in [-0.3, -0.25) is 4.79 Å². The molecule has 0 radical (unpaired) electrons. The van der Waals surface area contributed by atoms with Crippen LogP contribution >= 0.6 is 0 Å². The molecule has 0 bridgehead atoms. The minimum absolute atomic E-state index is 0.223. The van der Waals surface area contributed by atoms with Gasteiger partial charge < -0.3 is 19.8 Å². The van der Waals surface area contributed by atoms with E-state index in [0.717, 1.165) is 22.4 Å². The minimum atomic E-state index is -0.223. The molecule has 2 N–H and O–H groups in total. The molecule has 1 amide bonds. The van der Waals surface area contributed by atoms with Crippen LogP contribution in [-0.4, -0.2) is 30.1 Å². The van der Waals surface area contributed by atoms with Crippen LogP contribution in [0.3, 0.4) is 0 Å². The van der Waals surface area contributed by atoms with Gasteiger partial charge in [0.15, 0.2) is 0 Å². The normalized spacial score (nSPS) is 10.6. The third-order valence-corrected chi connectivity index (χ3v) is 4.47. The number of hydrogen-bond donors (Lipinski definition) is 2. The van der Waals surface area contributed by atoms with Gasteiger partial charge in [-0.25, -0.2) is 4.98 Å². The van der Waals surface area contributed by atoms with Gasteiger partial charge in [-0.2, -0.15) is 0 Å². The number of benzene rings is 3. The molecule has 4 rings (SSSR count). The van der Waals surface area contributed by atoms with Gasteiger partial charge in [-0.1, -0.05) is 24.3 Å². The van der Waals surface area contributed by atoms with Crippen molar-refractivity contribution in [1.82, 2.24) is 9.97 Å². The van der Waals surface area contributed by atoms with Crippen LogP contribution in [0.15, 0.2) is 66.7 Å². The number of para-hydroxylation sites is 2. The van der Waals surface area contributed by atoms with Crippen LogP contribution in [0.2, 0.25) is 0 Å². The molecule has 0 unspecified atom stereocenters. The predicted octanol–water partition coefficient (Wildman–Crippen LogP) is 4.50. The molecule has 140 valence electrons. The maximum absolute atomic E-state index is 12.6. The number of ether oxygens (including phenoxy) is 2. The lowest BCUT2D eigenvalue weighted by molar-refractivity contribution is 0.102. The van der Waals surface area contributed by atoms with Gasteiger partial charge in [-0.15, -0.1) is 0 Å². The van der Waals surface area contributed by atoms with E-state index in [1.807, 2.05) is 36.4 Å². The molecular formula is C22H19N3O3. The molecule has 6 nitrogen and oxygen atoms in total. The Morgan fingerprint density at radius 3 is 2.46 bits per heavy atom. The largest absolute Gasteiger partial charge is 0.497 e. The summed E-state index contributed by atoms with van der Waals surface area (Å²) in [5, 5.41) is 2.87. The Balaban J connectivity index is 1.54. The minimum Gasteiger partial charge on any atom is -0.497 e. The zero-order valence-electron chi connectivity index (χ0n) is 15.5. The first kappa shape index (κ1) is 17.6. The summed E-state index contributed by atoms with van der Waals surface area (Å²) < 4.78 is 10.5. The summed E-state index contributed by atoms with van der Waals surface area (Å²) in [6.45, 7) is 0. The summed E-state index contributed by atoms with van der Waals surface area (Å²) in [4.78, 5) is 20.5. The summed E-state index contributed by atoms with van der Waals surface area (Å²) in [5.74, 6) is 1.74. The Morgan fingerprint density at radius 2 is 1.75 bits per heavy atom. The number of aromatic amines is 1. The van der Waals surface area contributed by atoms with E-state index < -0.39 is 0 Å². The lowest BCUT2D eigenvalue weighted by Gasteiger charge is -2.11. The molecule has 0 saturated carbocycles. The van der Waals surface area contributed by atoms with Crippen molar-refractivity contribution < 1.29 is 14.3 Å². The lowest BCUT2D eigenvalue weighted by atomic mass is 10.1. The predicted molar refractivity (Wildman–Crippen MR) is 109 cm³/mol. The number of nitrogens with one attached hydrogen (secondary N) is 2. The van der Waals surface area contributed by atoms with Gasteiger partial charge in [0, 0.05) is 17.2 Å². The van der Waals surface area contributed by atoms with Crippen LogP contribution in [0.1, 0.15) is 10.4 Å². The summed E-state index contributed by atoms with van der Waals surface area (Å²) in [7, 11) is 3.13. The van der Waals surface area contributed by atoms with Crippen molar-refractivity contribution in [3.05, 3.63) is 72.3 Å². The van der Waals surface area contributed by atoms with Crippen molar-refractivity contribution in [2.75, 3.05) is 19.5 Å². The van der Waals surface area contributed by atoms with Crippen LogP contribution in [0, 0.1) is 0 Å². The molecule has 0 atom stereocenters. The van der Waals surface area contributed by atoms with E-state index in [-0.39, 0.29) is 5.91 Å². The number of carbonyl (C=O) groups excluding carboxylic acids is 1. The highest BCUT2D eigenvalue weighted by Crippen LogP contribution is 2.29. The Hall–Kier alpha value is -3.80. The fraction of sp³-hybridized carbons (Fsp3) is 0.0909. The van der Waals surface area contributed by atoms with Crippen molar-refractivity contribution in [3.63, 3.8) is 0 Å². The lowest BCUT2D eigenvalue weighted by Crippen LogP contribution is -2.12. The average Bonchev–Trinajstić information content (AvgIpc) is 3.18. The number of nitrogens with zero attached hydrogens (tertiary/aromatic N) is 1. The fourth-order valence-corrected chi connectivity index (χ4v) is 2.97. The van der Waals surface area contributed by atoms with Gasteiger partial charge >= 0.3 is 0 Å². The molecule has 1 heterocycles. The number of fused-ring (bicyclic) bond motifs is 1. The van der Waals surface area contributed by atoms with E-state index >= 15 is 0 Å². The van der Waals surface area contributed by atoms with Crippen molar-refractivity contribution in [2.45, 2.75) is 0 Å². The molecular weight excluding hydrogens is 354 g/mol. The number of amides is 1. The van der Waals surface area contributed by atoms with E-state index in [2.05, 4.69) is 15.3 Å². The van der Waals surface area contributed by atoms with E-state index in [0.29, 0.717) is 22.7 Å². The topological polar surface area (TPSA) is 76.2 Å². The molecule has 0 aliphatic heterocycles. The third kappa shape index (κ3) is 3.40. The first-order chi connectivity index (χ1) is 13.7. The number of rotatable bonds is 5. The number of imidazole rings is 1. The second kappa shape index (κ2) is 7.44. The van der Waals surface area contributed by atoms with Gasteiger partial charge in [0.05, 0.1) is 30.9 Å². The second-order valence-electron chi connectivity index (χ2n) is 6.20. The van der Waals surface area contributed by atoms with Crippen LogP contribution in [-0.2, 0) is 0 Å². The van der Waals surface area contributed by atoms with Crippen molar-refractivity contribution in [1.29, 1.82) is 0 Å². The maximum atomic E-state index is 12.6. The number of carbonyl (C=O) groups is 1. The first-order valence-corrected chi connectivity index (χ1v) is 8.76. The zero-order valence-corrected chi connectivity index (χ0v) is 15.5. The summed E-state index contributed by atoms with van der Waals surface area (Å²) in [6, 6.07) is 20.4. The van der Waals surface area contributed by atoms with Crippen LogP contribution < -0.4 is 14.8 Å². The number of hydrogen-bond acceptors (Lipinski definition) is 4. The van der Waals surface area contributed by atoms with E-state index in [1.165, 1.54) is 0 Å². The Bertz CT molecular complexity index is 1100. The first-order valence-electron chi connectivity index (χ1n) is 8.76. The van der Waals surface area contributed by atoms with Gasteiger partial charge in [0.25, 0.3) is 5.91 Å². The number of aromatic nitrogens is 2. The monoisotopic (exact) mass is 373 g/mol. The smallest absolute Gasteiger partial charge is 0.255 e. The van der Waals surface area contributed by atoms with Crippen LogP contribution in [0.25, 0.3) is 22.4 Å². The number of H-pyrrole nitrogens is 1. The molecule has 0 spiro atoms. The fourth-order valence-electron chi connectivity index (χ4n) is 2.97. The molecule has 0 aliphatic rings. The third-order valence-electron chi connectivity index (χ3n) is 4.47. The Labute approximate surface area is 162 Å². The number of anilines is 1. The standard InChI is InChI=1S/C22H19N3O3/c1-27-16-11-12-19(20(13-16)28-2)25-22(26)15-9-7-14(8-10-15)21-23-17-5-3-4-6-18(17)24-21/h3-13H,1-2H3,(H,23,24)(H,25,26). The maximum Gasteiger partial charge on any atom is 0.255 e. The van der Waals surface area contributed by atoms with Crippen molar-refractivity contribution in [2.24, 2.45) is 0 Å². The molecule has 6 heteroatoms. The highest BCUT2D eigenvalue weighted by molar-refractivity contribution is 6.05. The molecule has 28 heavy (non-hydrogen) atoms. The van der Waals surface area contributed by atoms with Gasteiger partial charge in [-0.05, 0) is 36.4 Å². The van der Waals surface area contributed by atoms with E-state index in [9.17, 15) is 4.79 Å². The van der Waals surface area contributed by atoms with Gasteiger partial charge in [0.1, 0.15) is 17.3 Å². The molecule has 3 aromatic carbocycles. The zero-order chi connectivity index (χ0) is 19.5. The second-order valence-corrected chi connectivity index (χ2v) is 6.20.